The summed E-state index contributed by atoms with van der Waals surface area (Å²) in [7, 11) is 0. The van der Waals surface area contributed by atoms with Gasteiger partial charge in [-0.3, -0.25) is 0 Å². The lowest BCUT2D eigenvalue weighted by Gasteiger charge is -2.20. The van der Waals surface area contributed by atoms with Crippen LogP contribution >= 0.6 is 0 Å². The molecule has 0 bridgehead atoms. The summed E-state index contributed by atoms with van der Waals surface area (Å²) in [6.45, 7) is 5.43. The average molecular weight is 291 g/mol. The molecule has 0 aliphatic carbocycles. The van der Waals surface area contributed by atoms with Crippen LogP contribution in [-0.4, -0.2) is 34.9 Å². The molecule has 1 aromatic heterocycles. The minimum atomic E-state index is -4.29. The smallest absolute Gasteiger partial charge is 0.372 e. The van der Waals surface area contributed by atoms with Crippen molar-refractivity contribution in [3.05, 3.63) is 23.8 Å². The van der Waals surface area contributed by atoms with E-state index in [1.54, 1.807) is 12.3 Å². The number of alkyl halides is 3. The molecule has 114 valence electrons. The van der Waals surface area contributed by atoms with E-state index in [1.807, 2.05) is 20.8 Å². The van der Waals surface area contributed by atoms with Gasteiger partial charge in [-0.05, 0) is 26.8 Å². The van der Waals surface area contributed by atoms with Crippen LogP contribution in [-0.2, 0) is 17.7 Å². The van der Waals surface area contributed by atoms with E-state index < -0.39 is 12.8 Å². The molecule has 1 N–H and O–H groups in total. The molecular weight excluding hydrogens is 271 g/mol. The first-order valence-corrected chi connectivity index (χ1v) is 6.36. The molecule has 20 heavy (non-hydrogen) atoms. The summed E-state index contributed by atoms with van der Waals surface area (Å²) in [5.74, 6) is 0.486. The summed E-state index contributed by atoms with van der Waals surface area (Å²) in [4.78, 5) is 8.29. The standard InChI is InChI=1S/C13H20F3N3O/c1-12(2,3)18-8-10-4-6-17-11(19-10)5-7-20-9-13(14,15)16/h4,6,18H,5,7-9H2,1-3H3. The lowest BCUT2D eigenvalue weighted by Crippen LogP contribution is -2.35. The largest absolute Gasteiger partial charge is 0.411 e. The molecule has 7 heteroatoms. The molecule has 0 radical (unpaired) electrons. The van der Waals surface area contributed by atoms with Crippen molar-refractivity contribution in [1.82, 2.24) is 15.3 Å². The maximum Gasteiger partial charge on any atom is 0.411 e. The van der Waals surface area contributed by atoms with Crippen molar-refractivity contribution in [2.24, 2.45) is 0 Å². The van der Waals surface area contributed by atoms with Crippen molar-refractivity contribution in [3.8, 4) is 0 Å². The third-order valence-electron chi connectivity index (χ3n) is 2.30. The fraction of sp³-hybridized carbons (Fsp3) is 0.692. The van der Waals surface area contributed by atoms with Crippen molar-refractivity contribution < 1.29 is 17.9 Å². The predicted octanol–water partition coefficient (Wildman–Crippen LogP) is 2.49. The zero-order valence-electron chi connectivity index (χ0n) is 11.9. The Hall–Kier alpha value is -1.21. The third kappa shape index (κ3) is 8.06. The Morgan fingerprint density at radius 1 is 1.25 bits per heavy atom. The summed E-state index contributed by atoms with van der Waals surface area (Å²) < 4.78 is 40.2. The molecule has 0 spiro atoms. The van der Waals surface area contributed by atoms with Crippen molar-refractivity contribution >= 4 is 0 Å². The Bertz CT molecular complexity index is 416. The quantitative estimate of drug-likeness (QED) is 0.818. The Labute approximate surface area is 116 Å². The number of ether oxygens (including phenoxy) is 1. The molecule has 0 aromatic carbocycles. The number of nitrogens with one attached hydrogen (secondary N) is 1. The van der Waals surface area contributed by atoms with E-state index in [-0.39, 0.29) is 18.6 Å². The van der Waals surface area contributed by atoms with Gasteiger partial charge in [-0.15, -0.1) is 0 Å². The lowest BCUT2D eigenvalue weighted by molar-refractivity contribution is -0.173. The SMILES string of the molecule is CC(C)(C)NCc1ccnc(CCOCC(F)(F)F)n1. The molecule has 4 nitrogen and oxygen atoms in total. The van der Waals surface area contributed by atoms with E-state index in [2.05, 4.69) is 20.0 Å². The molecule has 0 unspecified atom stereocenters. The van der Waals surface area contributed by atoms with Crippen molar-refractivity contribution in [3.63, 3.8) is 0 Å². The maximum atomic E-state index is 11.9. The molecule has 1 aromatic rings. The Morgan fingerprint density at radius 2 is 1.95 bits per heavy atom. The van der Waals surface area contributed by atoms with Gasteiger partial charge >= 0.3 is 6.18 Å². The maximum absolute atomic E-state index is 11.9. The molecule has 0 aliphatic rings. The van der Waals surface area contributed by atoms with Gasteiger partial charge in [0.15, 0.2) is 0 Å². The lowest BCUT2D eigenvalue weighted by atomic mass is 10.1. The highest BCUT2D eigenvalue weighted by Crippen LogP contribution is 2.14. The van der Waals surface area contributed by atoms with Gasteiger partial charge in [-0.25, -0.2) is 9.97 Å². The minimum Gasteiger partial charge on any atom is -0.372 e. The molecule has 0 atom stereocenters. The van der Waals surface area contributed by atoms with Gasteiger partial charge in [-0.2, -0.15) is 13.2 Å². The summed E-state index contributed by atoms with van der Waals surface area (Å²) >= 11 is 0. The van der Waals surface area contributed by atoms with Gasteiger partial charge in [0, 0.05) is 24.7 Å². The number of hydrogen-bond donors (Lipinski definition) is 1. The van der Waals surface area contributed by atoms with Crippen LogP contribution in [0.5, 0.6) is 0 Å². The summed E-state index contributed by atoms with van der Waals surface area (Å²) in [5.41, 5.74) is 0.779. The van der Waals surface area contributed by atoms with E-state index in [1.165, 1.54) is 0 Å². The van der Waals surface area contributed by atoms with Crippen LogP contribution in [0.3, 0.4) is 0 Å². The van der Waals surface area contributed by atoms with E-state index in [0.29, 0.717) is 12.4 Å². The highest BCUT2D eigenvalue weighted by atomic mass is 19.4. The van der Waals surface area contributed by atoms with Gasteiger partial charge in [0.2, 0.25) is 0 Å². The molecule has 0 aliphatic heterocycles. The number of hydrogen-bond acceptors (Lipinski definition) is 4. The van der Waals surface area contributed by atoms with Gasteiger partial charge in [0.1, 0.15) is 12.4 Å². The molecule has 0 saturated heterocycles. The first-order valence-electron chi connectivity index (χ1n) is 6.36. The van der Waals surface area contributed by atoms with Gasteiger partial charge < -0.3 is 10.1 Å². The second-order valence-corrected chi connectivity index (χ2v) is 5.49. The summed E-state index contributed by atoms with van der Waals surface area (Å²) in [6.07, 6.45) is -2.43. The molecule has 1 heterocycles. The van der Waals surface area contributed by atoms with Crippen LogP contribution in [0.1, 0.15) is 32.3 Å². The monoisotopic (exact) mass is 291 g/mol. The normalized spacial score (nSPS) is 12.7. The van der Waals surface area contributed by atoms with Crippen molar-refractivity contribution in [2.75, 3.05) is 13.2 Å². The highest BCUT2D eigenvalue weighted by molar-refractivity contribution is 5.03. The fourth-order valence-corrected chi connectivity index (χ4v) is 1.37. The van der Waals surface area contributed by atoms with Crippen LogP contribution in [0, 0.1) is 0 Å². The topological polar surface area (TPSA) is 47.0 Å². The molecule has 0 saturated carbocycles. The van der Waals surface area contributed by atoms with Crippen LogP contribution in [0.25, 0.3) is 0 Å². The Balaban J connectivity index is 2.40. The number of aromatic nitrogens is 2. The summed E-state index contributed by atoms with van der Waals surface area (Å²) in [6, 6.07) is 1.78. The van der Waals surface area contributed by atoms with Crippen LogP contribution < -0.4 is 5.32 Å². The molecule has 0 fully saturated rings. The number of rotatable bonds is 6. The molecule has 1 rings (SSSR count). The number of nitrogens with zero attached hydrogens (tertiary/aromatic N) is 2. The van der Waals surface area contributed by atoms with Gasteiger partial charge in [0.25, 0.3) is 0 Å². The zero-order valence-corrected chi connectivity index (χ0v) is 11.9. The zero-order chi connectivity index (χ0) is 15.2. The minimum absolute atomic E-state index is 0.0269. The Morgan fingerprint density at radius 3 is 2.55 bits per heavy atom. The van der Waals surface area contributed by atoms with Crippen LogP contribution in [0.2, 0.25) is 0 Å². The first-order chi connectivity index (χ1) is 9.16. The average Bonchev–Trinajstić information content (AvgIpc) is 2.31. The predicted molar refractivity (Wildman–Crippen MR) is 69.2 cm³/mol. The van der Waals surface area contributed by atoms with Crippen molar-refractivity contribution in [1.29, 1.82) is 0 Å². The highest BCUT2D eigenvalue weighted by Gasteiger charge is 2.27. The fourth-order valence-electron chi connectivity index (χ4n) is 1.37. The van der Waals surface area contributed by atoms with Crippen LogP contribution in [0.4, 0.5) is 13.2 Å². The third-order valence-corrected chi connectivity index (χ3v) is 2.30. The molecule has 0 amide bonds. The van der Waals surface area contributed by atoms with E-state index in [0.717, 1.165) is 5.69 Å². The van der Waals surface area contributed by atoms with E-state index >= 15 is 0 Å². The second kappa shape index (κ2) is 6.99. The van der Waals surface area contributed by atoms with E-state index in [4.69, 9.17) is 0 Å². The molecular formula is C13H20F3N3O. The van der Waals surface area contributed by atoms with Gasteiger partial charge in [-0.1, -0.05) is 0 Å². The Kier molecular flexibility index (Phi) is 5.88. The van der Waals surface area contributed by atoms with Crippen molar-refractivity contribution in [2.45, 2.75) is 45.5 Å². The number of halogens is 3. The second-order valence-electron chi connectivity index (χ2n) is 5.49. The first kappa shape index (κ1) is 16.8. The summed E-state index contributed by atoms with van der Waals surface area (Å²) in [5, 5.41) is 3.28. The van der Waals surface area contributed by atoms with Crippen LogP contribution in [0.15, 0.2) is 12.3 Å². The van der Waals surface area contributed by atoms with Gasteiger partial charge in [0.05, 0.1) is 12.3 Å². The van der Waals surface area contributed by atoms with E-state index in [9.17, 15) is 13.2 Å².